The van der Waals surface area contributed by atoms with Gasteiger partial charge in [-0.05, 0) is 48.5 Å². The van der Waals surface area contributed by atoms with Crippen molar-refractivity contribution in [2.75, 3.05) is 0 Å². The first-order valence-corrected chi connectivity index (χ1v) is 12.5. The average Bonchev–Trinajstić information content (AvgIpc) is 2.97. The van der Waals surface area contributed by atoms with Crippen molar-refractivity contribution in [2.24, 2.45) is 11.8 Å². The average molecular weight is 539 g/mol. The summed E-state index contributed by atoms with van der Waals surface area (Å²) >= 11 is 0. The Morgan fingerprint density at radius 3 is 0.925 bits per heavy atom. The summed E-state index contributed by atoms with van der Waals surface area (Å²) in [4.78, 5) is 52.8. The van der Waals surface area contributed by atoms with Gasteiger partial charge in [0.2, 0.25) is 0 Å². The van der Waals surface area contributed by atoms with Crippen molar-refractivity contribution >= 4 is 23.9 Å². The number of carbonyl (C=O) groups excluding carboxylic acids is 4. The lowest BCUT2D eigenvalue weighted by molar-refractivity contribution is -0.156. The summed E-state index contributed by atoms with van der Waals surface area (Å²) in [6.07, 6.45) is -1.12. The molecule has 4 aromatic carbocycles. The molecule has 4 aromatic rings. The van der Waals surface area contributed by atoms with Gasteiger partial charge in [-0.1, -0.05) is 72.8 Å². The minimum Gasteiger partial charge on any atom is -0.427 e. The topological polar surface area (TPSA) is 105 Å². The Morgan fingerprint density at radius 2 is 0.650 bits per heavy atom. The molecule has 0 saturated heterocycles. The summed E-state index contributed by atoms with van der Waals surface area (Å²) in [6.45, 7) is 0. The summed E-state index contributed by atoms with van der Waals surface area (Å²) in [7, 11) is 0. The first-order valence-electron chi connectivity index (χ1n) is 12.5. The molecular formula is C32H26O8. The van der Waals surface area contributed by atoms with Crippen LogP contribution >= 0.6 is 0 Å². The van der Waals surface area contributed by atoms with E-state index in [1.807, 2.05) is 0 Å². The fourth-order valence-corrected chi connectivity index (χ4v) is 3.82. The van der Waals surface area contributed by atoms with Crippen LogP contribution in [0.3, 0.4) is 0 Å². The number of rotatable bonds is 11. The van der Waals surface area contributed by atoms with Crippen molar-refractivity contribution < 1.29 is 38.1 Å². The van der Waals surface area contributed by atoms with E-state index < -0.39 is 48.6 Å². The van der Waals surface area contributed by atoms with Gasteiger partial charge in [0.15, 0.2) is 0 Å². The number of para-hydroxylation sites is 4. The molecule has 4 rings (SSSR count). The summed E-state index contributed by atoms with van der Waals surface area (Å²) in [5.41, 5.74) is 0. The predicted molar refractivity (Wildman–Crippen MR) is 145 cm³/mol. The number of hydrogen-bond acceptors (Lipinski definition) is 8. The molecule has 202 valence electrons. The normalized spacial score (nSPS) is 11.9. The molecule has 0 aliphatic rings. The van der Waals surface area contributed by atoms with E-state index in [0.29, 0.717) is 0 Å². The van der Waals surface area contributed by atoms with E-state index in [1.165, 1.54) is 0 Å². The van der Waals surface area contributed by atoms with Gasteiger partial charge in [0.1, 0.15) is 23.0 Å². The quantitative estimate of drug-likeness (QED) is 0.184. The lowest BCUT2D eigenvalue weighted by Gasteiger charge is -2.23. The third-order valence-corrected chi connectivity index (χ3v) is 5.74. The second-order valence-corrected chi connectivity index (χ2v) is 8.66. The van der Waals surface area contributed by atoms with Crippen LogP contribution in [-0.2, 0) is 19.2 Å². The Morgan fingerprint density at radius 1 is 0.400 bits per heavy atom. The maximum Gasteiger partial charge on any atom is 0.315 e. The lowest BCUT2D eigenvalue weighted by Crippen LogP contribution is -2.39. The van der Waals surface area contributed by atoms with E-state index in [2.05, 4.69) is 0 Å². The third kappa shape index (κ3) is 8.39. The van der Waals surface area contributed by atoms with Crippen LogP contribution in [0.1, 0.15) is 12.8 Å². The van der Waals surface area contributed by atoms with Gasteiger partial charge in [-0.2, -0.15) is 0 Å². The van der Waals surface area contributed by atoms with Crippen LogP contribution in [0, 0.1) is 11.8 Å². The van der Waals surface area contributed by atoms with Crippen LogP contribution in [0.5, 0.6) is 23.0 Å². The van der Waals surface area contributed by atoms with Gasteiger partial charge in [0.05, 0.1) is 24.7 Å². The molecule has 0 aliphatic heterocycles. The highest BCUT2D eigenvalue weighted by Crippen LogP contribution is 2.27. The summed E-state index contributed by atoms with van der Waals surface area (Å²) in [5, 5.41) is 0. The first kappa shape index (κ1) is 27.8. The van der Waals surface area contributed by atoms with Crippen LogP contribution in [0.2, 0.25) is 0 Å². The Hall–Kier alpha value is -5.24. The minimum atomic E-state index is -1.43. The van der Waals surface area contributed by atoms with E-state index >= 15 is 0 Å². The predicted octanol–water partition coefficient (Wildman–Crippen LogP) is 5.42. The second kappa shape index (κ2) is 14.1. The molecule has 0 bridgehead atoms. The van der Waals surface area contributed by atoms with Crippen LogP contribution < -0.4 is 18.9 Å². The maximum atomic E-state index is 13.4. The Balaban J connectivity index is 1.62. The Labute approximate surface area is 231 Å². The molecular weight excluding hydrogens is 512 g/mol. The molecule has 0 aromatic heterocycles. The molecule has 0 heterocycles. The van der Waals surface area contributed by atoms with Gasteiger partial charge in [0, 0.05) is 0 Å². The lowest BCUT2D eigenvalue weighted by atomic mass is 9.86. The van der Waals surface area contributed by atoms with Crippen LogP contribution in [0.25, 0.3) is 0 Å². The number of benzene rings is 4. The van der Waals surface area contributed by atoms with Gasteiger partial charge in [-0.25, -0.2) is 0 Å². The van der Waals surface area contributed by atoms with E-state index in [1.54, 1.807) is 121 Å². The monoisotopic (exact) mass is 538 g/mol. The van der Waals surface area contributed by atoms with E-state index in [0.717, 1.165) is 0 Å². The Kier molecular flexibility index (Phi) is 9.77. The summed E-state index contributed by atoms with van der Waals surface area (Å²) < 4.78 is 21.8. The standard InChI is InChI=1S/C32H26O8/c33-29(37-23-13-5-1-6-14-23)21-27(31(35)39-25-17-9-3-10-18-25)28(32(36)40-26-19-11-4-12-20-26)22-30(34)38-24-15-7-2-8-16-24/h1-20,27-28H,21-22H2. The summed E-state index contributed by atoms with van der Waals surface area (Å²) in [6, 6.07) is 32.9. The Bertz CT molecular complexity index is 1300. The van der Waals surface area contributed by atoms with Crippen molar-refractivity contribution in [3.05, 3.63) is 121 Å². The fourth-order valence-electron chi connectivity index (χ4n) is 3.82. The van der Waals surface area contributed by atoms with E-state index in [4.69, 9.17) is 18.9 Å². The fraction of sp³-hybridized carbons (Fsp3) is 0.125. The molecule has 0 saturated carbocycles. The van der Waals surface area contributed by atoms with Crippen molar-refractivity contribution in [3.63, 3.8) is 0 Å². The highest BCUT2D eigenvalue weighted by Gasteiger charge is 2.40. The molecule has 8 nitrogen and oxygen atoms in total. The van der Waals surface area contributed by atoms with Crippen LogP contribution in [-0.4, -0.2) is 23.9 Å². The van der Waals surface area contributed by atoms with Crippen molar-refractivity contribution in [2.45, 2.75) is 12.8 Å². The molecule has 40 heavy (non-hydrogen) atoms. The van der Waals surface area contributed by atoms with Crippen molar-refractivity contribution in [3.8, 4) is 23.0 Å². The highest BCUT2D eigenvalue weighted by atomic mass is 16.6. The summed E-state index contributed by atoms with van der Waals surface area (Å²) in [5.74, 6) is -5.34. The smallest absolute Gasteiger partial charge is 0.315 e. The van der Waals surface area contributed by atoms with Crippen LogP contribution in [0.15, 0.2) is 121 Å². The van der Waals surface area contributed by atoms with Gasteiger partial charge in [0.25, 0.3) is 0 Å². The van der Waals surface area contributed by atoms with E-state index in [9.17, 15) is 19.2 Å². The highest BCUT2D eigenvalue weighted by molar-refractivity contribution is 5.90. The van der Waals surface area contributed by atoms with Crippen molar-refractivity contribution in [1.29, 1.82) is 0 Å². The first-order chi connectivity index (χ1) is 19.5. The third-order valence-electron chi connectivity index (χ3n) is 5.74. The molecule has 2 atom stereocenters. The number of ether oxygens (including phenoxy) is 4. The largest absolute Gasteiger partial charge is 0.427 e. The second-order valence-electron chi connectivity index (χ2n) is 8.66. The zero-order valence-corrected chi connectivity index (χ0v) is 21.4. The SMILES string of the molecule is O=C(CC(C(=O)Oc1ccccc1)C(CC(=O)Oc1ccccc1)C(=O)Oc1ccccc1)Oc1ccccc1. The molecule has 0 N–H and O–H groups in total. The zero-order valence-electron chi connectivity index (χ0n) is 21.4. The number of hydrogen-bond donors (Lipinski definition) is 0. The molecule has 0 amide bonds. The molecule has 2 unspecified atom stereocenters. The van der Waals surface area contributed by atoms with Gasteiger partial charge in [-0.15, -0.1) is 0 Å². The molecule has 0 spiro atoms. The molecule has 0 aliphatic carbocycles. The number of carbonyl (C=O) groups is 4. The van der Waals surface area contributed by atoms with Gasteiger partial charge in [-0.3, -0.25) is 19.2 Å². The molecule has 0 fully saturated rings. The maximum absolute atomic E-state index is 13.4. The number of esters is 4. The zero-order chi connectivity index (χ0) is 28.2. The minimum absolute atomic E-state index is 0.205. The van der Waals surface area contributed by atoms with Gasteiger partial charge < -0.3 is 18.9 Å². The van der Waals surface area contributed by atoms with Crippen LogP contribution in [0.4, 0.5) is 0 Å². The molecule has 8 heteroatoms. The van der Waals surface area contributed by atoms with Crippen molar-refractivity contribution in [1.82, 2.24) is 0 Å². The van der Waals surface area contributed by atoms with Gasteiger partial charge >= 0.3 is 23.9 Å². The molecule has 0 radical (unpaired) electrons. The van der Waals surface area contributed by atoms with E-state index in [-0.39, 0.29) is 23.0 Å².